The minimum absolute atomic E-state index is 0.0137. The molecule has 0 unspecified atom stereocenters. The molecule has 0 fully saturated rings. The van der Waals surface area contributed by atoms with Gasteiger partial charge in [-0.3, -0.25) is 20.3 Å². The lowest BCUT2D eigenvalue weighted by molar-refractivity contribution is -0.384. The number of thioether (sulfide) groups is 1. The van der Waals surface area contributed by atoms with Crippen molar-refractivity contribution in [1.82, 2.24) is 5.01 Å². The number of nitrogens with zero attached hydrogens (tertiary/aromatic N) is 4. The number of furan rings is 1. The minimum atomic E-state index is -0.531. The lowest BCUT2D eigenvalue weighted by atomic mass is 10.1. The molecule has 0 atom stereocenters. The maximum Gasteiger partial charge on any atom is 0.283 e. The van der Waals surface area contributed by atoms with Crippen molar-refractivity contribution >= 4 is 45.5 Å². The Bertz CT molecular complexity index is 1390. The van der Waals surface area contributed by atoms with Crippen LogP contribution in [0.15, 0.2) is 87.0 Å². The number of amidine groups is 2. The van der Waals surface area contributed by atoms with Crippen LogP contribution in [0, 0.1) is 15.5 Å². The summed E-state index contributed by atoms with van der Waals surface area (Å²) in [5.41, 5.74) is 1.54. The second kappa shape index (κ2) is 8.79. The first kappa shape index (κ1) is 21.3. The average molecular weight is 473 g/mol. The van der Waals surface area contributed by atoms with Crippen LogP contribution in [-0.4, -0.2) is 31.9 Å². The molecule has 0 saturated heterocycles. The summed E-state index contributed by atoms with van der Waals surface area (Å²) in [5, 5.41) is 25.8. The van der Waals surface area contributed by atoms with Gasteiger partial charge in [0.1, 0.15) is 12.4 Å². The lowest BCUT2D eigenvalue weighted by Gasteiger charge is -2.20. The van der Waals surface area contributed by atoms with Crippen molar-refractivity contribution < 1.29 is 18.9 Å². The number of rotatable bonds is 6. The van der Waals surface area contributed by atoms with Gasteiger partial charge in [-0.15, -0.1) is 0 Å². The van der Waals surface area contributed by atoms with Crippen LogP contribution in [-0.2, 0) is 11.4 Å². The van der Waals surface area contributed by atoms with E-state index in [1.54, 1.807) is 54.6 Å². The lowest BCUT2D eigenvalue weighted by Crippen LogP contribution is -2.35. The highest BCUT2D eigenvalue weighted by Gasteiger charge is 2.36. The van der Waals surface area contributed by atoms with E-state index in [2.05, 4.69) is 10.1 Å². The molecule has 3 aromatic rings. The summed E-state index contributed by atoms with van der Waals surface area (Å²) in [7, 11) is 0. The van der Waals surface area contributed by atoms with E-state index in [9.17, 15) is 14.9 Å². The first-order chi connectivity index (χ1) is 16.5. The molecular formula is C23H15N5O5S. The summed E-state index contributed by atoms with van der Waals surface area (Å²) >= 11 is 1.16. The number of amides is 1. The third-order valence-electron chi connectivity index (χ3n) is 4.91. The number of hydrogen-bond donors (Lipinski definition) is 1. The Kier molecular flexibility index (Phi) is 5.52. The molecule has 34 heavy (non-hydrogen) atoms. The third-order valence-corrected chi connectivity index (χ3v) is 5.83. The highest BCUT2D eigenvalue weighted by atomic mass is 32.2. The van der Waals surface area contributed by atoms with Gasteiger partial charge in [-0.25, -0.2) is 0 Å². The summed E-state index contributed by atoms with van der Waals surface area (Å²) in [6.07, 6.45) is 3.09. The van der Waals surface area contributed by atoms with Gasteiger partial charge >= 0.3 is 0 Å². The highest BCUT2D eigenvalue weighted by Crippen LogP contribution is 2.31. The number of hydrazone groups is 1. The van der Waals surface area contributed by atoms with Crippen LogP contribution in [0.2, 0.25) is 0 Å². The highest BCUT2D eigenvalue weighted by molar-refractivity contribution is 8.27. The Morgan fingerprint density at radius 2 is 2.00 bits per heavy atom. The van der Waals surface area contributed by atoms with Crippen molar-refractivity contribution in [2.24, 2.45) is 10.1 Å². The standard InChI is InChI=1S/C23H15N5O5S/c24-20-18(21(29)25-23-27(20)26-22(34-23)19-5-2-10-32-19)12-15-3-1-4-17(11-15)33-13-14-6-8-16(9-7-14)28(30)31/h1-12,24H,13H2/b18-12-,24-20?. The van der Waals surface area contributed by atoms with E-state index in [0.717, 1.165) is 17.3 Å². The molecule has 0 saturated carbocycles. The number of nitro groups is 1. The average Bonchev–Trinajstić information content (AvgIpc) is 3.51. The monoisotopic (exact) mass is 473 g/mol. The number of aliphatic imine (C=N–C) groups is 1. The van der Waals surface area contributed by atoms with E-state index in [1.165, 1.54) is 23.4 Å². The third kappa shape index (κ3) is 4.24. The number of hydrogen-bond acceptors (Lipinski definition) is 8. The van der Waals surface area contributed by atoms with E-state index in [1.807, 2.05) is 0 Å². The van der Waals surface area contributed by atoms with Crippen molar-refractivity contribution in [2.75, 3.05) is 0 Å². The van der Waals surface area contributed by atoms with Crippen molar-refractivity contribution in [1.29, 1.82) is 5.41 Å². The Morgan fingerprint density at radius 3 is 2.74 bits per heavy atom. The summed E-state index contributed by atoms with van der Waals surface area (Å²) in [4.78, 5) is 27.0. The van der Waals surface area contributed by atoms with Gasteiger partial charge in [0.25, 0.3) is 11.6 Å². The van der Waals surface area contributed by atoms with E-state index in [4.69, 9.17) is 14.6 Å². The predicted octanol–water partition coefficient (Wildman–Crippen LogP) is 4.43. The van der Waals surface area contributed by atoms with Crippen LogP contribution >= 0.6 is 11.8 Å². The first-order valence-corrected chi connectivity index (χ1v) is 10.8. The van der Waals surface area contributed by atoms with Crippen LogP contribution in [0.25, 0.3) is 6.08 Å². The van der Waals surface area contributed by atoms with E-state index < -0.39 is 10.8 Å². The quantitative estimate of drug-likeness (QED) is 0.318. The molecular weight excluding hydrogens is 458 g/mol. The number of carbonyl (C=O) groups is 1. The predicted molar refractivity (Wildman–Crippen MR) is 127 cm³/mol. The summed E-state index contributed by atoms with van der Waals surface area (Å²) in [6, 6.07) is 16.6. The normalized spacial score (nSPS) is 16.4. The number of fused-ring (bicyclic) bond motifs is 1. The van der Waals surface area contributed by atoms with Crippen molar-refractivity contribution in [2.45, 2.75) is 6.61 Å². The van der Waals surface area contributed by atoms with Gasteiger partial charge in [-0.2, -0.15) is 15.1 Å². The molecule has 0 spiro atoms. The van der Waals surface area contributed by atoms with Crippen molar-refractivity contribution in [3.8, 4) is 5.75 Å². The van der Waals surface area contributed by atoms with Gasteiger partial charge < -0.3 is 9.15 Å². The molecule has 11 heteroatoms. The van der Waals surface area contributed by atoms with Crippen molar-refractivity contribution in [3.63, 3.8) is 0 Å². The van der Waals surface area contributed by atoms with Crippen LogP contribution in [0.3, 0.4) is 0 Å². The fourth-order valence-electron chi connectivity index (χ4n) is 3.23. The maximum absolute atomic E-state index is 12.6. The summed E-state index contributed by atoms with van der Waals surface area (Å²) in [6.45, 7) is 0.218. The molecule has 2 aromatic carbocycles. The smallest absolute Gasteiger partial charge is 0.283 e. The maximum atomic E-state index is 12.6. The number of ether oxygens (including phenoxy) is 1. The molecule has 3 heterocycles. The van der Waals surface area contributed by atoms with Gasteiger partial charge in [0.05, 0.1) is 16.8 Å². The summed E-state index contributed by atoms with van der Waals surface area (Å²) in [5.74, 6) is 0.463. The topological polar surface area (TPSA) is 134 Å². The van der Waals surface area contributed by atoms with Gasteiger partial charge in [0.2, 0.25) is 5.17 Å². The minimum Gasteiger partial charge on any atom is -0.489 e. The molecule has 2 aliphatic rings. The molecule has 0 radical (unpaired) electrons. The second-order valence-corrected chi connectivity index (χ2v) is 8.14. The van der Waals surface area contributed by atoms with Gasteiger partial charge in [0.15, 0.2) is 16.6 Å². The SMILES string of the molecule is N=C1/C(=C/c2cccc(OCc3ccc([N+](=O)[O-])cc3)c2)C(=O)N=C2SC(c3ccco3)=NN12. The fraction of sp³-hybridized carbons (Fsp3) is 0.0435. The van der Waals surface area contributed by atoms with Gasteiger partial charge in [-0.05, 0) is 65.4 Å². The number of non-ortho nitro benzene ring substituents is 1. The Balaban J connectivity index is 1.33. The van der Waals surface area contributed by atoms with E-state index >= 15 is 0 Å². The molecule has 10 nitrogen and oxygen atoms in total. The molecule has 0 bridgehead atoms. The Hall–Kier alpha value is -4.51. The van der Waals surface area contributed by atoms with E-state index in [0.29, 0.717) is 27.3 Å². The molecule has 2 aliphatic heterocycles. The number of nitro benzene ring substituents is 1. The van der Waals surface area contributed by atoms with Gasteiger partial charge in [0, 0.05) is 12.1 Å². The molecule has 1 N–H and O–H groups in total. The number of benzene rings is 2. The second-order valence-electron chi connectivity index (χ2n) is 7.19. The van der Waals surface area contributed by atoms with Crippen molar-refractivity contribution in [3.05, 3.63) is 99.5 Å². The van der Waals surface area contributed by atoms with E-state index in [-0.39, 0.29) is 23.7 Å². The molecule has 0 aliphatic carbocycles. The Morgan fingerprint density at radius 1 is 1.18 bits per heavy atom. The zero-order chi connectivity index (χ0) is 23.7. The zero-order valence-electron chi connectivity index (χ0n) is 17.4. The number of carbonyl (C=O) groups excluding carboxylic acids is 1. The fourth-order valence-corrected chi connectivity index (χ4v) is 4.09. The van der Waals surface area contributed by atoms with Crippen LogP contribution in [0.4, 0.5) is 5.69 Å². The molecule has 1 aromatic heterocycles. The van der Waals surface area contributed by atoms with Crippen LogP contribution < -0.4 is 4.74 Å². The molecule has 5 rings (SSSR count). The summed E-state index contributed by atoms with van der Waals surface area (Å²) < 4.78 is 11.1. The molecule has 168 valence electrons. The van der Waals surface area contributed by atoms with Crippen LogP contribution in [0.1, 0.15) is 16.9 Å². The Labute approximate surface area is 196 Å². The first-order valence-electron chi connectivity index (χ1n) is 9.98. The number of nitrogens with one attached hydrogen (secondary N) is 1. The molecule has 1 amide bonds. The zero-order valence-corrected chi connectivity index (χ0v) is 18.2. The van der Waals surface area contributed by atoms with Crippen LogP contribution in [0.5, 0.6) is 5.75 Å². The van der Waals surface area contributed by atoms with Gasteiger partial charge in [-0.1, -0.05) is 12.1 Å². The largest absolute Gasteiger partial charge is 0.489 e.